The summed E-state index contributed by atoms with van der Waals surface area (Å²) in [5.41, 5.74) is 0. The summed E-state index contributed by atoms with van der Waals surface area (Å²) in [6.07, 6.45) is 0.353. The highest BCUT2D eigenvalue weighted by atomic mass is 35.5. The number of alkyl halides is 1. The minimum absolute atomic E-state index is 0. The first-order valence-electron chi connectivity index (χ1n) is 2.98. The molecule has 0 rings (SSSR count). The molecule has 0 aromatic rings. The molecule has 0 saturated heterocycles. The van der Waals surface area contributed by atoms with E-state index in [1.807, 2.05) is 28.2 Å². The van der Waals surface area contributed by atoms with Gasteiger partial charge in [0.05, 0.1) is 12.0 Å². The first kappa shape index (κ1) is 13.1. The van der Waals surface area contributed by atoms with Crippen molar-refractivity contribution in [3.8, 4) is 0 Å². The highest BCUT2D eigenvalue weighted by Crippen LogP contribution is 1.98. The maximum Gasteiger partial charge on any atom is 0.0751 e. The molecule has 0 N–H and O–H groups in total. The van der Waals surface area contributed by atoms with Gasteiger partial charge in [0.1, 0.15) is 0 Å². The van der Waals surface area contributed by atoms with Gasteiger partial charge in [0, 0.05) is 0 Å². The number of hydrogen-bond donors (Lipinski definition) is 0. The highest BCUT2D eigenvalue weighted by Gasteiger charge is 2.10. The van der Waals surface area contributed by atoms with Crippen LogP contribution in [0.3, 0.4) is 0 Å². The van der Waals surface area contributed by atoms with Gasteiger partial charge >= 0.3 is 0 Å². The predicted molar refractivity (Wildman–Crippen MR) is 49.1 cm³/mol. The van der Waals surface area contributed by atoms with Crippen molar-refractivity contribution in [2.45, 2.75) is 6.17 Å². The Labute approximate surface area is 74.5 Å². The van der Waals surface area contributed by atoms with E-state index in [2.05, 4.69) is 9.80 Å². The number of rotatable bonds is 3. The van der Waals surface area contributed by atoms with Crippen LogP contribution < -0.4 is 0 Å². The summed E-state index contributed by atoms with van der Waals surface area (Å²) in [4.78, 5) is 4.18. The van der Waals surface area contributed by atoms with Gasteiger partial charge in [0.25, 0.3) is 0 Å². The van der Waals surface area contributed by atoms with E-state index in [1.54, 1.807) is 0 Å². The van der Waals surface area contributed by atoms with Crippen molar-refractivity contribution in [2.24, 2.45) is 0 Å². The lowest BCUT2D eigenvalue weighted by atomic mass is 10.5. The monoisotopic (exact) mass is 186 g/mol. The van der Waals surface area contributed by atoms with E-state index in [-0.39, 0.29) is 12.4 Å². The van der Waals surface area contributed by atoms with Crippen LogP contribution in [0.1, 0.15) is 0 Å². The molecule has 0 saturated carbocycles. The molecule has 0 aliphatic carbocycles. The van der Waals surface area contributed by atoms with E-state index in [0.717, 1.165) is 0 Å². The van der Waals surface area contributed by atoms with Gasteiger partial charge in [-0.1, -0.05) is 0 Å². The van der Waals surface area contributed by atoms with Crippen molar-refractivity contribution < 1.29 is 0 Å². The van der Waals surface area contributed by atoms with Gasteiger partial charge in [-0.05, 0) is 28.2 Å². The van der Waals surface area contributed by atoms with Crippen LogP contribution in [0.4, 0.5) is 0 Å². The van der Waals surface area contributed by atoms with Crippen molar-refractivity contribution >= 4 is 24.0 Å². The Bertz CT molecular complexity index is 68.1. The smallest absolute Gasteiger partial charge is 0.0751 e. The Morgan fingerprint density at radius 2 is 1.40 bits per heavy atom. The zero-order valence-electron chi connectivity index (χ0n) is 6.97. The fourth-order valence-electron chi connectivity index (χ4n) is 0.738. The third-order valence-corrected chi connectivity index (χ3v) is 1.61. The topological polar surface area (TPSA) is 6.48 Å². The molecule has 0 bridgehead atoms. The van der Waals surface area contributed by atoms with E-state index in [0.29, 0.717) is 12.0 Å². The maximum atomic E-state index is 5.67. The normalized spacial score (nSPS) is 10.8. The van der Waals surface area contributed by atoms with Crippen LogP contribution in [0.5, 0.6) is 0 Å². The van der Waals surface area contributed by atoms with Gasteiger partial charge in [-0.25, -0.2) is 0 Å². The van der Waals surface area contributed by atoms with Crippen LogP contribution in [0.2, 0.25) is 0 Å². The van der Waals surface area contributed by atoms with Crippen molar-refractivity contribution in [2.75, 3.05) is 34.1 Å². The molecular formula is C6H16Cl2N2. The van der Waals surface area contributed by atoms with Gasteiger partial charge < -0.3 is 0 Å². The van der Waals surface area contributed by atoms with E-state index < -0.39 is 0 Å². The van der Waals surface area contributed by atoms with Crippen LogP contribution in [-0.4, -0.2) is 50.0 Å². The van der Waals surface area contributed by atoms with Crippen molar-refractivity contribution in [1.29, 1.82) is 0 Å². The molecular weight excluding hydrogens is 171 g/mol. The van der Waals surface area contributed by atoms with Gasteiger partial charge in [0.15, 0.2) is 0 Å². The second-order valence-electron chi connectivity index (χ2n) is 2.56. The molecule has 0 aliphatic heterocycles. The quantitative estimate of drug-likeness (QED) is 0.482. The highest BCUT2D eigenvalue weighted by molar-refractivity contribution is 6.18. The number of nitrogens with zero attached hydrogens (tertiary/aromatic N) is 2. The van der Waals surface area contributed by atoms with Crippen LogP contribution >= 0.6 is 24.0 Å². The van der Waals surface area contributed by atoms with E-state index in [1.165, 1.54) is 0 Å². The Morgan fingerprint density at radius 1 is 1.10 bits per heavy atom. The molecule has 0 amide bonds. The third kappa shape index (κ3) is 4.34. The first-order valence-corrected chi connectivity index (χ1v) is 3.52. The minimum atomic E-state index is 0. The zero-order valence-corrected chi connectivity index (χ0v) is 8.54. The van der Waals surface area contributed by atoms with E-state index in [4.69, 9.17) is 11.6 Å². The SMILES string of the molecule is CN(C)C(CCl)N(C)C.Cl. The van der Waals surface area contributed by atoms with Crippen LogP contribution in [0.25, 0.3) is 0 Å². The number of halogens is 2. The largest absolute Gasteiger partial charge is 0.293 e. The third-order valence-electron chi connectivity index (χ3n) is 1.33. The lowest BCUT2D eigenvalue weighted by Crippen LogP contribution is -2.41. The summed E-state index contributed by atoms with van der Waals surface area (Å²) < 4.78 is 0. The number of hydrogen-bond acceptors (Lipinski definition) is 2. The van der Waals surface area contributed by atoms with Gasteiger partial charge in [-0.3, -0.25) is 9.80 Å². The van der Waals surface area contributed by atoms with Gasteiger partial charge in [-0.2, -0.15) is 0 Å². The second-order valence-corrected chi connectivity index (χ2v) is 2.87. The first-order chi connectivity index (χ1) is 4.09. The molecule has 64 valence electrons. The Kier molecular flexibility index (Phi) is 8.17. The average Bonchev–Trinajstić information content (AvgIpc) is 1.64. The molecule has 0 spiro atoms. The summed E-state index contributed by atoms with van der Waals surface area (Å²) in [6.45, 7) is 0. The second kappa shape index (κ2) is 6.23. The fraction of sp³-hybridized carbons (Fsp3) is 1.00. The maximum absolute atomic E-state index is 5.67. The average molecular weight is 187 g/mol. The molecule has 0 aromatic heterocycles. The Balaban J connectivity index is 0. The molecule has 0 unspecified atom stereocenters. The van der Waals surface area contributed by atoms with Gasteiger partial charge in [-0.15, -0.1) is 24.0 Å². The van der Waals surface area contributed by atoms with Crippen molar-refractivity contribution in [1.82, 2.24) is 9.80 Å². The fourth-order valence-corrected chi connectivity index (χ4v) is 1.29. The predicted octanol–water partition coefficient (Wildman–Crippen LogP) is 1.10. The minimum Gasteiger partial charge on any atom is -0.293 e. The lowest BCUT2D eigenvalue weighted by molar-refractivity contribution is 0.150. The molecule has 0 atom stereocenters. The molecule has 4 heteroatoms. The lowest BCUT2D eigenvalue weighted by Gasteiger charge is -2.28. The summed E-state index contributed by atoms with van der Waals surface area (Å²) in [6, 6.07) is 0. The summed E-state index contributed by atoms with van der Waals surface area (Å²) in [5, 5.41) is 0. The van der Waals surface area contributed by atoms with Crippen LogP contribution in [-0.2, 0) is 0 Å². The molecule has 0 heterocycles. The van der Waals surface area contributed by atoms with Crippen molar-refractivity contribution in [3.05, 3.63) is 0 Å². The van der Waals surface area contributed by atoms with Crippen molar-refractivity contribution in [3.63, 3.8) is 0 Å². The van der Waals surface area contributed by atoms with Crippen LogP contribution in [0, 0.1) is 0 Å². The molecule has 2 nitrogen and oxygen atoms in total. The Hall–Kier alpha value is 0.500. The zero-order chi connectivity index (χ0) is 7.44. The van der Waals surface area contributed by atoms with E-state index >= 15 is 0 Å². The van der Waals surface area contributed by atoms with E-state index in [9.17, 15) is 0 Å². The Morgan fingerprint density at radius 3 is 1.40 bits per heavy atom. The summed E-state index contributed by atoms with van der Waals surface area (Å²) in [5.74, 6) is 0.653. The standard InChI is InChI=1S/C6H15ClN2.ClH/c1-8(2)6(5-7)9(3)4;/h6H,5H2,1-4H3;1H. The molecule has 0 fully saturated rings. The molecule has 0 aliphatic rings. The summed E-state index contributed by atoms with van der Waals surface area (Å²) >= 11 is 5.67. The van der Waals surface area contributed by atoms with Crippen LogP contribution in [0.15, 0.2) is 0 Å². The molecule has 0 radical (unpaired) electrons. The van der Waals surface area contributed by atoms with Gasteiger partial charge in [0.2, 0.25) is 0 Å². The molecule has 10 heavy (non-hydrogen) atoms. The molecule has 0 aromatic carbocycles. The summed E-state index contributed by atoms with van der Waals surface area (Å²) in [7, 11) is 8.08.